The van der Waals surface area contributed by atoms with Crippen molar-refractivity contribution >= 4 is 0 Å². The van der Waals surface area contributed by atoms with Crippen molar-refractivity contribution in [2.45, 2.75) is 27.7 Å². The van der Waals surface area contributed by atoms with E-state index >= 15 is 0 Å². The number of rotatable bonds is 2. The Morgan fingerprint density at radius 2 is 1.57 bits per heavy atom. The third-order valence-electron chi connectivity index (χ3n) is 4.35. The smallest absolute Gasteiger partial charge is 0.159 e. The maximum absolute atomic E-state index is 4.61. The Labute approximate surface area is 138 Å². The Hall–Kier alpha value is -2.61. The summed E-state index contributed by atoms with van der Waals surface area (Å²) in [5, 5.41) is 0. The molecule has 114 valence electrons. The highest BCUT2D eigenvalue weighted by Gasteiger charge is 2.15. The molecule has 0 aliphatic carbocycles. The number of hydrogen-bond acceptors (Lipinski definition) is 2. The predicted octanol–water partition coefficient (Wildman–Crippen LogP) is 5.23. The molecule has 1 heterocycles. The van der Waals surface area contributed by atoms with Crippen LogP contribution in [-0.4, -0.2) is 9.97 Å². The molecule has 2 heteroatoms. The normalized spacial score (nSPS) is 10.8. The van der Waals surface area contributed by atoms with Crippen LogP contribution >= 0.6 is 0 Å². The molecule has 0 atom stereocenters. The number of nitrogens with zero attached hydrogens (tertiary/aromatic N) is 2. The Bertz CT molecular complexity index is 842. The maximum atomic E-state index is 4.61. The minimum atomic E-state index is 0.775. The van der Waals surface area contributed by atoms with Gasteiger partial charge in [0.15, 0.2) is 5.82 Å². The lowest BCUT2D eigenvalue weighted by Crippen LogP contribution is -1.96. The standard InChI is InChI=1S/C21H21N2/c1-13-9-16(4)17(5)19(10-13)21-22-11-18(12-23-21)20-14(2)7-6-8-15(20)3/h6-12H,2H2,1,3-5H3/q+1. The SMILES string of the molecule is [CH2+]c1cccc(C)c1-c1cnc(-c2cc(C)cc(C)c2C)nc1. The molecule has 1 aromatic heterocycles. The lowest BCUT2D eigenvalue weighted by atomic mass is 9.97. The Morgan fingerprint density at radius 3 is 2.22 bits per heavy atom. The number of benzene rings is 2. The van der Waals surface area contributed by atoms with E-state index in [1.807, 2.05) is 24.5 Å². The summed E-state index contributed by atoms with van der Waals surface area (Å²) in [6, 6.07) is 10.5. The average Bonchev–Trinajstić information content (AvgIpc) is 2.51. The fourth-order valence-electron chi connectivity index (χ4n) is 3.01. The molecule has 2 aromatic carbocycles. The Balaban J connectivity index is 2.07. The molecule has 23 heavy (non-hydrogen) atoms. The second kappa shape index (κ2) is 5.88. The first-order valence-electron chi connectivity index (χ1n) is 7.79. The highest BCUT2D eigenvalue weighted by Crippen LogP contribution is 2.28. The molecule has 0 unspecified atom stereocenters. The molecule has 0 spiro atoms. The van der Waals surface area contributed by atoms with Gasteiger partial charge in [-0.3, -0.25) is 0 Å². The summed E-state index contributed by atoms with van der Waals surface area (Å²) >= 11 is 0. The van der Waals surface area contributed by atoms with E-state index in [1.165, 1.54) is 22.3 Å². The second-order valence-corrected chi connectivity index (χ2v) is 6.16. The molecule has 3 aromatic rings. The van der Waals surface area contributed by atoms with Gasteiger partial charge in [-0.1, -0.05) is 11.6 Å². The lowest BCUT2D eigenvalue weighted by molar-refractivity contribution is 1.15. The molecule has 0 amide bonds. The van der Waals surface area contributed by atoms with E-state index in [1.54, 1.807) is 0 Å². The van der Waals surface area contributed by atoms with Gasteiger partial charge in [0.2, 0.25) is 0 Å². The molecule has 3 rings (SSSR count). The molecular formula is C21H21N2+. The molecule has 2 nitrogen and oxygen atoms in total. The van der Waals surface area contributed by atoms with Crippen molar-refractivity contribution in [2.75, 3.05) is 0 Å². The minimum Gasteiger partial charge on any atom is -0.235 e. The van der Waals surface area contributed by atoms with Crippen molar-refractivity contribution in [1.29, 1.82) is 0 Å². The molecule has 0 radical (unpaired) electrons. The molecule has 0 saturated carbocycles. The van der Waals surface area contributed by atoms with Crippen LogP contribution in [0.2, 0.25) is 0 Å². The summed E-state index contributed by atoms with van der Waals surface area (Å²) in [5.41, 5.74) is 9.17. The highest BCUT2D eigenvalue weighted by atomic mass is 14.9. The van der Waals surface area contributed by atoms with Gasteiger partial charge in [-0.15, -0.1) is 0 Å². The molecule has 0 saturated heterocycles. The molecule has 0 N–H and O–H groups in total. The molecule has 0 aliphatic heterocycles. The van der Waals surface area contributed by atoms with Crippen LogP contribution in [0.15, 0.2) is 42.7 Å². The van der Waals surface area contributed by atoms with Crippen LogP contribution < -0.4 is 0 Å². The lowest BCUT2D eigenvalue weighted by Gasteiger charge is -2.10. The van der Waals surface area contributed by atoms with Crippen LogP contribution in [0.25, 0.3) is 22.5 Å². The zero-order valence-corrected chi connectivity index (χ0v) is 14.1. The first kappa shape index (κ1) is 15.3. The third-order valence-corrected chi connectivity index (χ3v) is 4.35. The summed E-state index contributed by atoms with van der Waals surface area (Å²) in [6.07, 6.45) is 3.80. The maximum Gasteiger partial charge on any atom is 0.159 e. The van der Waals surface area contributed by atoms with E-state index in [4.69, 9.17) is 0 Å². The van der Waals surface area contributed by atoms with E-state index in [-0.39, 0.29) is 0 Å². The zero-order valence-electron chi connectivity index (χ0n) is 14.1. The summed E-state index contributed by atoms with van der Waals surface area (Å²) in [5.74, 6) is 0.775. The van der Waals surface area contributed by atoms with Gasteiger partial charge >= 0.3 is 0 Å². The predicted molar refractivity (Wildman–Crippen MR) is 96.3 cm³/mol. The van der Waals surface area contributed by atoms with Crippen LogP contribution in [0.3, 0.4) is 0 Å². The van der Waals surface area contributed by atoms with Crippen molar-refractivity contribution < 1.29 is 0 Å². The fraction of sp³-hybridized carbons (Fsp3) is 0.190. The van der Waals surface area contributed by atoms with Crippen molar-refractivity contribution in [1.82, 2.24) is 9.97 Å². The first-order valence-corrected chi connectivity index (χ1v) is 7.79. The van der Waals surface area contributed by atoms with Gasteiger partial charge in [0, 0.05) is 24.1 Å². The van der Waals surface area contributed by atoms with E-state index in [9.17, 15) is 0 Å². The minimum absolute atomic E-state index is 0.775. The summed E-state index contributed by atoms with van der Waals surface area (Å²) in [4.78, 5) is 9.22. The summed E-state index contributed by atoms with van der Waals surface area (Å²) < 4.78 is 0. The Morgan fingerprint density at radius 1 is 0.870 bits per heavy atom. The monoisotopic (exact) mass is 301 g/mol. The number of hydrogen-bond donors (Lipinski definition) is 0. The van der Waals surface area contributed by atoms with Crippen LogP contribution in [-0.2, 0) is 0 Å². The van der Waals surface area contributed by atoms with Gasteiger partial charge < -0.3 is 0 Å². The van der Waals surface area contributed by atoms with Crippen molar-refractivity contribution in [3.05, 3.63) is 77.5 Å². The van der Waals surface area contributed by atoms with Gasteiger partial charge in [0.25, 0.3) is 0 Å². The van der Waals surface area contributed by atoms with Crippen molar-refractivity contribution in [3.63, 3.8) is 0 Å². The third kappa shape index (κ3) is 2.85. The largest absolute Gasteiger partial charge is 0.235 e. The van der Waals surface area contributed by atoms with Gasteiger partial charge in [0.05, 0.1) is 23.5 Å². The second-order valence-electron chi connectivity index (χ2n) is 6.16. The van der Waals surface area contributed by atoms with Crippen molar-refractivity contribution in [3.8, 4) is 22.5 Å². The first-order chi connectivity index (χ1) is 11.0. The average molecular weight is 301 g/mol. The van der Waals surface area contributed by atoms with Crippen LogP contribution in [0.4, 0.5) is 0 Å². The van der Waals surface area contributed by atoms with Crippen molar-refractivity contribution in [2.24, 2.45) is 0 Å². The summed E-state index contributed by atoms with van der Waals surface area (Å²) in [7, 11) is 0. The topological polar surface area (TPSA) is 25.8 Å². The molecular weight excluding hydrogens is 280 g/mol. The van der Waals surface area contributed by atoms with E-state index in [2.05, 4.69) is 62.8 Å². The highest BCUT2D eigenvalue weighted by molar-refractivity contribution is 5.72. The van der Waals surface area contributed by atoms with Crippen LogP contribution in [0, 0.1) is 34.6 Å². The zero-order chi connectivity index (χ0) is 16.6. The van der Waals surface area contributed by atoms with Gasteiger partial charge in [-0.25, -0.2) is 9.97 Å². The van der Waals surface area contributed by atoms with E-state index in [0.29, 0.717) is 0 Å². The van der Waals surface area contributed by atoms with Crippen LogP contribution in [0.5, 0.6) is 0 Å². The summed E-state index contributed by atoms with van der Waals surface area (Å²) in [6.45, 7) is 12.6. The molecule has 0 fully saturated rings. The van der Waals surface area contributed by atoms with E-state index < -0.39 is 0 Å². The van der Waals surface area contributed by atoms with Gasteiger partial charge in [-0.2, -0.15) is 0 Å². The van der Waals surface area contributed by atoms with Crippen LogP contribution in [0.1, 0.15) is 27.8 Å². The fourth-order valence-corrected chi connectivity index (χ4v) is 3.01. The Kier molecular flexibility index (Phi) is 3.91. The number of aromatic nitrogens is 2. The quantitative estimate of drug-likeness (QED) is 0.606. The number of aryl methyl sites for hydroxylation is 3. The molecule has 0 bridgehead atoms. The van der Waals surface area contributed by atoms with E-state index in [0.717, 1.165) is 28.1 Å². The molecule has 0 aliphatic rings. The van der Waals surface area contributed by atoms with Gasteiger partial charge in [0.1, 0.15) is 5.56 Å². The van der Waals surface area contributed by atoms with Gasteiger partial charge in [-0.05, 0) is 57.0 Å².